The van der Waals surface area contributed by atoms with E-state index in [1.165, 1.54) is 0 Å². The van der Waals surface area contributed by atoms with Crippen LogP contribution in [0.3, 0.4) is 0 Å². The van der Waals surface area contributed by atoms with Gasteiger partial charge in [0.15, 0.2) is 0 Å². The number of ether oxygens (including phenoxy) is 2. The number of hydrogen-bond donors (Lipinski definition) is 0. The van der Waals surface area contributed by atoms with Crippen molar-refractivity contribution in [1.29, 1.82) is 0 Å². The van der Waals surface area contributed by atoms with Crippen LogP contribution in [0.5, 0.6) is 0 Å². The molecule has 1 aromatic carbocycles. The minimum atomic E-state index is -0.243. The van der Waals surface area contributed by atoms with Gasteiger partial charge in [0.2, 0.25) is 0 Å². The lowest BCUT2D eigenvalue weighted by Crippen LogP contribution is -2.14. The van der Waals surface area contributed by atoms with Crippen LogP contribution in [-0.4, -0.2) is 6.29 Å². The van der Waals surface area contributed by atoms with E-state index in [0.717, 1.165) is 22.3 Å². The zero-order valence-electron chi connectivity index (χ0n) is 9.01. The van der Waals surface area contributed by atoms with E-state index in [2.05, 4.69) is 18.2 Å². The van der Waals surface area contributed by atoms with E-state index in [1.54, 1.807) is 12.5 Å². The van der Waals surface area contributed by atoms with Crippen molar-refractivity contribution in [1.82, 2.24) is 0 Å². The molecule has 0 N–H and O–H groups in total. The molecule has 0 saturated heterocycles. The highest BCUT2D eigenvalue weighted by molar-refractivity contribution is 5.76. The fraction of sp³-hybridized carbons (Fsp3) is 0.143. The summed E-state index contributed by atoms with van der Waals surface area (Å²) in [5.41, 5.74) is 4.49. The topological polar surface area (TPSA) is 18.5 Å². The van der Waals surface area contributed by atoms with Gasteiger partial charge in [-0.15, -0.1) is 0 Å². The summed E-state index contributed by atoms with van der Waals surface area (Å²) in [5, 5.41) is 0. The molecule has 2 heteroatoms. The van der Waals surface area contributed by atoms with Crippen LogP contribution in [0.1, 0.15) is 12.5 Å². The third-order valence-electron chi connectivity index (χ3n) is 2.81. The van der Waals surface area contributed by atoms with Gasteiger partial charge in [-0.25, -0.2) is 0 Å². The average Bonchev–Trinajstić information content (AvgIpc) is 2.72. The highest BCUT2D eigenvalue weighted by atomic mass is 16.7. The number of fused-ring (bicyclic) bond motifs is 1. The lowest BCUT2D eigenvalue weighted by Gasteiger charge is -2.18. The van der Waals surface area contributed by atoms with Crippen molar-refractivity contribution in [2.24, 2.45) is 0 Å². The smallest absolute Gasteiger partial charge is 0.266 e. The monoisotopic (exact) mass is 212 g/mol. The van der Waals surface area contributed by atoms with Crippen molar-refractivity contribution in [3.8, 4) is 0 Å². The molecule has 80 valence electrons. The minimum absolute atomic E-state index is 0.243. The van der Waals surface area contributed by atoms with Gasteiger partial charge in [0.1, 0.15) is 0 Å². The van der Waals surface area contributed by atoms with Gasteiger partial charge in [-0.1, -0.05) is 30.3 Å². The fourth-order valence-electron chi connectivity index (χ4n) is 1.90. The molecule has 2 nitrogen and oxygen atoms in total. The second-order valence-electron chi connectivity index (χ2n) is 3.94. The summed E-state index contributed by atoms with van der Waals surface area (Å²) >= 11 is 0. The van der Waals surface area contributed by atoms with E-state index in [1.807, 2.05) is 25.1 Å². The normalized spacial score (nSPS) is 22.3. The quantitative estimate of drug-likeness (QED) is 0.711. The molecule has 0 aliphatic carbocycles. The van der Waals surface area contributed by atoms with Crippen molar-refractivity contribution in [3.63, 3.8) is 0 Å². The molecule has 1 aromatic rings. The van der Waals surface area contributed by atoms with Crippen LogP contribution in [0.15, 0.2) is 60.1 Å². The lowest BCUT2D eigenvalue weighted by atomic mass is 10.00. The summed E-state index contributed by atoms with van der Waals surface area (Å²) in [6, 6.07) is 10.2. The van der Waals surface area contributed by atoms with Gasteiger partial charge in [0.25, 0.3) is 6.29 Å². The fourth-order valence-corrected chi connectivity index (χ4v) is 1.90. The Morgan fingerprint density at radius 1 is 1.00 bits per heavy atom. The Labute approximate surface area is 94.5 Å². The first-order chi connectivity index (χ1) is 7.84. The molecule has 0 aromatic heterocycles. The molecule has 16 heavy (non-hydrogen) atoms. The lowest BCUT2D eigenvalue weighted by molar-refractivity contribution is -0.0201. The summed E-state index contributed by atoms with van der Waals surface area (Å²) in [7, 11) is 0. The van der Waals surface area contributed by atoms with Crippen LogP contribution >= 0.6 is 0 Å². The van der Waals surface area contributed by atoms with E-state index in [9.17, 15) is 0 Å². The van der Waals surface area contributed by atoms with Crippen molar-refractivity contribution in [3.05, 3.63) is 65.6 Å². The average molecular weight is 212 g/mol. The summed E-state index contributed by atoms with van der Waals surface area (Å²) in [5.74, 6) is 0. The Morgan fingerprint density at radius 2 is 1.75 bits per heavy atom. The number of allylic oxidation sites excluding steroid dienone is 2. The zero-order chi connectivity index (χ0) is 11.0. The molecule has 0 amide bonds. The van der Waals surface area contributed by atoms with Gasteiger partial charge < -0.3 is 9.47 Å². The molecular formula is C14H12O2. The number of rotatable bonds is 1. The maximum Gasteiger partial charge on any atom is 0.266 e. The highest BCUT2D eigenvalue weighted by Gasteiger charge is 2.26. The summed E-state index contributed by atoms with van der Waals surface area (Å²) in [6.45, 7) is 2.03. The molecule has 1 unspecified atom stereocenters. The Kier molecular flexibility index (Phi) is 2.07. The zero-order valence-corrected chi connectivity index (χ0v) is 9.01. The molecule has 0 saturated carbocycles. The third-order valence-corrected chi connectivity index (χ3v) is 2.81. The molecule has 0 spiro atoms. The van der Waals surface area contributed by atoms with Crippen molar-refractivity contribution in [2.45, 2.75) is 13.2 Å². The largest absolute Gasteiger partial charge is 0.458 e. The van der Waals surface area contributed by atoms with Crippen molar-refractivity contribution < 1.29 is 9.47 Å². The Morgan fingerprint density at radius 3 is 2.56 bits per heavy atom. The second kappa shape index (κ2) is 3.56. The highest BCUT2D eigenvalue weighted by Crippen LogP contribution is 2.33. The van der Waals surface area contributed by atoms with E-state index in [0.29, 0.717) is 0 Å². The van der Waals surface area contributed by atoms with Crippen LogP contribution in [0.4, 0.5) is 0 Å². The predicted octanol–water partition coefficient (Wildman–Crippen LogP) is 3.24. The van der Waals surface area contributed by atoms with Crippen LogP contribution in [0.2, 0.25) is 0 Å². The molecule has 2 aliphatic rings. The van der Waals surface area contributed by atoms with Crippen LogP contribution in [0.25, 0.3) is 5.57 Å². The molecule has 0 radical (unpaired) electrons. The summed E-state index contributed by atoms with van der Waals surface area (Å²) in [6.07, 6.45) is 5.39. The van der Waals surface area contributed by atoms with E-state index < -0.39 is 0 Å². The molecule has 3 rings (SSSR count). The third kappa shape index (κ3) is 1.43. The van der Waals surface area contributed by atoms with Gasteiger partial charge in [-0.05, 0) is 24.1 Å². The second-order valence-corrected chi connectivity index (χ2v) is 3.94. The molecule has 1 atom stereocenters. The number of benzene rings is 1. The van der Waals surface area contributed by atoms with Crippen LogP contribution in [0, 0.1) is 0 Å². The van der Waals surface area contributed by atoms with Crippen molar-refractivity contribution >= 4 is 5.57 Å². The first-order valence-electron chi connectivity index (χ1n) is 5.30. The molecule has 2 aliphatic heterocycles. The summed E-state index contributed by atoms with van der Waals surface area (Å²) in [4.78, 5) is 0. The van der Waals surface area contributed by atoms with E-state index >= 15 is 0 Å². The van der Waals surface area contributed by atoms with Crippen molar-refractivity contribution in [2.75, 3.05) is 0 Å². The van der Waals surface area contributed by atoms with Gasteiger partial charge in [-0.2, -0.15) is 0 Å². The van der Waals surface area contributed by atoms with Gasteiger partial charge in [-0.3, -0.25) is 0 Å². The maximum atomic E-state index is 5.53. The molecule has 0 bridgehead atoms. The molecular weight excluding hydrogens is 200 g/mol. The summed E-state index contributed by atoms with van der Waals surface area (Å²) < 4.78 is 10.9. The number of hydrogen-bond acceptors (Lipinski definition) is 2. The van der Waals surface area contributed by atoms with Gasteiger partial charge in [0.05, 0.1) is 12.5 Å². The van der Waals surface area contributed by atoms with E-state index in [-0.39, 0.29) is 6.29 Å². The Hall–Kier alpha value is -1.96. The van der Waals surface area contributed by atoms with Crippen LogP contribution in [-0.2, 0) is 9.47 Å². The molecule has 0 fully saturated rings. The molecule has 2 heterocycles. The van der Waals surface area contributed by atoms with Gasteiger partial charge >= 0.3 is 0 Å². The minimum Gasteiger partial charge on any atom is -0.458 e. The van der Waals surface area contributed by atoms with Crippen LogP contribution < -0.4 is 0 Å². The maximum absolute atomic E-state index is 5.53. The standard InChI is InChI=1S/C14H12O2/c1-10-8-15-14-13(10)7-12(9-16-14)11-5-3-2-4-6-11/h2-9,14H,1H3. The predicted molar refractivity (Wildman–Crippen MR) is 62.2 cm³/mol. The Balaban J connectivity index is 1.98. The first kappa shape index (κ1) is 9.28. The SMILES string of the molecule is CC1=COC2OC=C(c3ccccc3)C=C12. The van der Waals surface area contributed by atoms with E-state index in [4.69, 9.17) is 9.47 Å². The van der Waals surface area contributed by atoms with Gasteiger partial charge in [0, 0.05) is 11.1 Å². The first-order valence-corrected chi connectivity index (χ1v) is 5.30. The Bertz CT molecular complexity index is 495.